The highest BCUT2D eigenvalue weighted by Crippen LogP contribution is 2.27. The van der Waals surface area contributed by atoms with Crippen molar-refractivity contribution >= 4 is 0 Å². The summed E-state index contributed by atoms with van der Waals surface area (Å²) in [5.41, 5.74) is 3.20. The second-order valence-corrected chi connectivity index (χ2v) is 4.75. The number of imidazole rings is 1. The predicted molar refractivity (Wildman–Crippen MR) is 79.2 cm³/mol. The van der Waals surface area contributed by atoms with Crippen molar-refractivity contribution in [3.8, 4) is 5.75 Å². The van der Waals surface area contributed by atoms with E-state index in [1.165, 1.54) is 5.56 Å². The van der Waals surface area contributed by atoms with E-state index in [0.717, 1.165) is 23.6 Å². The summed E-state index contributed by atoms with van der Waals surface area (Å²) in [5, 5.41) is 8.12. The second kappa shape index (κ2) is 6.17. The first-order valence-electron chi connectivity index (χ1n) is 6.75. The van der Waals surface area contributed by atoms with Gasteiger partial charge in [0.1, 0.15) is 5.75 Å². The fourth-order valence-electron chi connectivity index (χ4n) is 2.35. The molecule has 3 rings (SSSR count). The predicted octanol–water partition coefficient (Wildman–Crippen LogP) is 2.58. The number of H-pyrrole nitrogens is 1. The lowest BCUT2D eigenvalue weighted by atomic mass is 9.91. The Labute approximate surface area is 123 Å². The summed E-state index contributed by atoms with van der Waals surface area (Å²) >= 11 is 0. The van der Waals surface area contributed by atoms with Gasteiger partial charge in [-0.3, -0.25) is 0 Å². The normalized spacial score (nSPS) is 12.0. The summed E-state index contributed by atoms with van der Waals surface area (Å²) < 4.78 is 5.22. The van der Waals surface area contributed by atoms with E-state index in [2.05, 4.69) is 32.3 Å². The highest BCUT2D eigenvalue weighted by molar-refractivity contribution is 5.34. The molecule has 0 aliphatic heterocycles. The van der Waals surface area contributed by atoms with E-state index in [4.69, 9.17) is 4.74 Å². The van der Waals surface area contributed by atoms with Crippen LogP contribution in [0.5, 0.6) is 5.75 Å². The van der Waals surface area contributed by atoms with Crippen LogP contribution in [0.4, 0.5) is 0 Å². The third-order valence-corrected chi connectivity index (χ3v) is 3.45. The minimum absolute atomic E-state index is 0.162. The summed E-state index contributed by atoms with van der Waals surface area (Å²) in [7, 11) is 1.67. The maximum Gasteiger partial charge on any atom is 0.118 e. The molecule has 1 unspecified atom stereocenters. The SMILES string of the molecule is COc1ccc(C(Cc2cccnn2)c2cnc[nH]2)cc1. The number of nitrogens with one attached hydrogen (secondary N) is 1. The summed E-state index contributed by atoms with van der Waals surface area (Å²) in [4.78, 5) is 7.32. The monoisotopic (exact) mass is 280 g/mol. The Kier molecular flexibility index (Phi) is 3.91. The molecule has 1 aromatic carbocycles. The maximum absolute atomic E-state index is 5.22. The lowest BCUT2D eigenvalue weighted by Crippen LogP contribution is -2.07. The van der Waals surface area contributed by atoms with Crippen LogP contribution in [-0.2, 0) is 6.42 Å². The fourth-order valence-corrected chi connectivity index (χ4v) is 2.35. The van der Waals surface area contributed by atoms with Gasteiger partial charge in [-0.1, -0.05) is 12.1 Å². The van der Waals surface area contributed by atoms with Gasteiger partial charge in [0.15, 0.2) is 0 Å². The van der Waals surface area contributed by atoms with Gasteiger partial charge in [-0.2, -0.15) is 10.2 Å². The Bertz CT molecular complexity index is 665. The van der Waals surface area contributed by atoms with Gasteiger partial charge >= 0.3 is 0 Å². The van der Waals surface area contributed by atoms with Gasteiger partial charge in [0.25, 0.3) is 0 Å². The number of rotatable bonds is 5. The molecular weight excluding hydrogens is 264 g/mol. The van der Waals surface area contributed by atoms with Gasteiger partial charge in [0.2, 0.25) is 0 Å². The smallest absolute Gasteiger partial charge is 0.118 e. The second-order valence-electron chi connectivity index (χ2n) is 4.75. The van der Waals surface area contributed by atoms with Gasteiger partial charge in [-0.15, -0.1) is 0 Å². The third kappa shape index (κ3) is 3.08. The minimum atomic E-state index is 0.162. The fraction of sp³-hybridized carbons (Fsp3) is 0.188. The molecule has 0 saturated heterocycles. The number of benzene rings is 1. The van der Waals surface area contributed by atoms with E-state index in [9.17, 15) is 0 Å². The van der Waals surface area contributed by atoms with E-state index >= 15 is 0 Å². The average Bonchev–Trinajstić information content (AvgIpc) is 3.08. The third-order valence-electron chi connectivity index (χ3n) is 3.45. The molecule has 0 amide bonds. The highest BCUT2D eigenvalue weighted by atomic mass is 16.5. The van der Waals surface area contributed by atoms with Crippen molar-refractivity contribution in [2.24, 2.45) is 0 Å². The van der Waals surface area contributed by atoms with Crippen LogP contribution >= 0.6 is 0 Å². The van der Waals surface area contributed by atoms with E-state index in [1.54, 1.807) is 19.6 Å². The summed E-state index contributed by atoms with van der Waals surface area (Å²) in [6, 6.07) is 12.0. The molecule has 0 radical (unpaired) electrons. The molecule has 0 aliphatic carbocycles. The molecule has 5 heteroatoms. The van der Waals surface area contributed by atoms with E-state index in [1.807, 2.05) is 30.5 Å². The molecule has 2 aromatic heterocycles. The Balaban J connectivity index is 1.92. The topological polar surface area (TPSA) is 63.7 Å². The minimum Gasteiger partial charge on any atom is -0.497 e. The Morgan fingerprint density at radius 2 is 2.05 bits per heavy atom. The van der Waals surface area contributed by atoms with Crippen LogP contribution < -0.4 is 4.74 Å². The lowest BCUT2D eigenvalue weighted by Gasteiger charge is -2.15. The first-order chi connectivity index (χ1) is 10.4. The molecule has 0 aliphatic rings. The number of aromatic amines is 1. The number of hydrogen-bond donors (Lipinski definition) is 1. The van der Waals surface area contributed by atoms with Crippen LogP contribution in [0.1, 0.15) is 22.9 Å². The zero-order valence-corrected chi connectivity index (χ0v) is 11.7. The molecule has 0 spiro atoms. The molecule has 1 atom stereocenters. The Morgan fingerprint density at radius 3 is 2.67 bits per heavy atom. The molecule has 5 nitrogen and oxygen atoms in total. The molecule has 2 heterocycles. The molecule has 0 saturated carbocycles. The van der Waals surface area contributed by atoms with Crippen LogP contribution in [0.25, 0.3) is 0 Å². The van der Waals surface area contributed by atoms with E-state index in [-0.39, 0.29) is 5.92 Å². The van der Waals surface area contributed by atoms with Crippen LogP contribution in [0.2, 0.25) is 0 Å². The number of nitrogens with zero attached hydrogens (tertiary/aromatic N) is 3. The zero-order valence-electron chi connectivity index (χ0n) is 11.7. The quantitative estimate of drug-likeness (QED) is 0.780. The van der Waals surface area contributed by atoms with Gasteiger partial charge in [0.05, 0.1) is 19.1 Å². The van der Waals surface area contributed by atoms with Gasteiger partial charge < -0.3 is 9.72 Å². The van der Waals surface area contributed by atoms with Crippen molar-refractivity contribution in [1.82, 2.24) is 20.2 Å². The Hall–Kier alpha value is -2.69. The van der Waals surface area contributed by atoms with Crippen molar-refractivity contribution in [1.29, 1.82) is 0 Å². The standard InChI is InChI=1S/C16H16N4O/c1-21-14-6-4-12(5-7-14)15(16-10-17-11-18-16)9-13-3-2-8-19-20-13/h2-8,10-11,15H,9H2,1H3,(H,17,18). The number of ether oxygens (including phenoxy) is 1. The van der Waals surface area contributed by atoms with Crippen molar-refractivity contribution in [3.63, 3.8) is 0 Å². The lowest BCUT2D eigenvalue weighted by molar-refractivity contribution is 0.414. The molecule has 106 valence electrons. The van der Waals surface area contributed by atoms with Crippen molar-refractivity contribution in [2.75, 3.05) is 7.11 Å². The molecule has 0 fully saturated rings. The van der Waals surface area contributed by atoms with E-state index in [0.29, 0.717) is 0 Å². The maximum atomic E-state index is 5.22. The van der Waals surface area contributed by atoms with Gasteiger partial charge in [-0.25, -0.2) is 4.98 Å². The molecule has 3 aromatic rings. The van der Waals surface area contributed by atoms with Crippen LogP contribution in [0, 0.1) is 0 Å². The number of methoxy groups -OCH3 is 1. The van der Waals surface area contributed by atoms with Crippen molar-refractivity contribution < 1.29 is 4.74 Å². The molecular formula is C16H16N4O. The molecule has 21 heavy (non-hydrogen) atoms. The van der Waals surface area contributed by atoms with Crippen molar-refractivity contribution in [2.45, 2.75) is 12.3 Å². The van der Waals surface area contributed by atoms with Gasteiger partial charge in [-0.05, 0) is 29.8 Å². The summed E-state index contributed by atoms with van der Waals surface area (Å²) in [5.74, 6) is 1.01. The zero-order chi connectivity index (χ0) is 14.5. The summed E-state index contributed by atoms with van der Waals surface area (Å²) in [6.45, 7) is 0. The average molecular weight is 280 g/mol. The van der Waals surface area contributed by atoms with Crippen LogP contribution in [0.15, 0.2) is 55.1 Å². The first kappa shape index (κ1) is 13.3. The summed E-state index contributed by atoms with van der Waals surface area (Å²) in [6.07, 6.45) is 6.00. The Morgan fingerprint density at radius 1 is 1.19 bits per heavy atom. The van der Waals surface area contributed by atoms with Gasteiger partial charge in [0, 0.05) is 30.4 Å². The molecule has 1 N–H and O–H groups in total. The van der Waals surface area contributed by atoms with Crippen LogP contribution in [-0.4, -0.2) is 27.3 Å². The van der Waals surface area contributed by atoms with Crippen LogP contribution in [0.3, 0.4) is 0 Å². The molecule has 0 bridgehead atoms. The number of hydrogen-bond acceptors (Lipinski definition) is 4. The van der Waals surface area contributed by atoms with E-state index < -0.39 is 0 Å². The largest absolute Gasteiger partial charge is 0.497 e. The first-order valence-corrected chi connectivity index (χ1v) is 6.75. The highest BCUT2D eigenvalue weighted by Gasteiger charge is 2.17. The van der Waals surface area contributed by atoms with Crippen molar-refractivity contribution in [3.05, 3.63) is 72.1 Å². The number of aromatic nitrogens is 4.